The van der Waals surface area contributed by atoms with Crippen molar-refractivity contribution in [1.82, 2.24) is 24.2 Å². The van der Waals surface area contributed by atoms with Crippen LogP contribution in [-0.2, 0) is 11.4 Å². The lowest BCUT2D eigenvalue weighted by atomic mass is 9.85. The van der Waals surface area contributed by atoms with Gasteiger partial charge in [0.2, 0.25) is 0 Å². The second-order valence-electron chi connectivity index (χ2n) is 7.42. The summed E-state index contributed by atoms with van der Waals surface area (Å²) in [6, 6.07) is 4.46. The predicted molar refractivity (Wildman–Crippen MR) is 103 cm³/mol. The summed E-state index contributed by atoms with van der Waals surface area (Å²) in [6.07, 6.45) is 8.70. The molecule has 2 atom stereocenters. The van der Waals surface area contributed by atoms with Crippen molar-refractivity contribution in [3.8, 4) is 11.4 Å². The average Bonchev–Trinajstić information content (AvgIpc) is 3.00. The normalized spacial score (nSPS) is 24.7. The highest BCUT2D eigenvalue weighted by Crippen LogP contribution is 2.36. The Hall–Kier alpha value is -1.57. The molecular formula is C19H27N5OS. The van der Waals surface area contributed by atoms with Gasteiger partial charge in [0.05, 0.1) is 19.9 Å². The van der Waals surface area contributed by atoms with Crippen molar-refractivity contribution < 1.29 is 4.74 Å². The van der Waals surface area contributed by atoms with E-state index in [1.54, 1.807) is 6.20 Å². The number of hydrogen-bond acceptors (Lipinski definition) is 5. The lowest BCUT2D eigenvalue weighted by Gasteiger charge is -2.30. The van der Waals surface area contributed by atoms with Crippen LogP contribution >= 0.6 is 12.2 Å². The average molecular weight is 374 g/mol. The highest BCUT2D eigenvalue weighted by molar-refractivity contribution is 7.71. The minimum atomic E-state index is 0.421. The molecule has 2 aromatic rings. The summed E-state index contributed by atoms with van der Waals surface area (Å²) in [6.45, 7) is 6.49. The van der Waals surface area contributed by atoms with Crippen LogP contribution in [-0.4, -0.2) is 50.5 Å². The van der Waals surface area contributed by atoms with Crippen LogP contribution in [0.15, 0.2) is 24.5 Å². The fourth-order valence-corrected chi connectivity index (χ4v) is 4.44. The van der Waals surface area contributed by atoms with E-state index < -0.39 is 0 Å². The molecule has 4 rings (SSSR count). The molecular weight excluding hydrogens is 346 g/mol. The van der Waals surface area contributed by atoms with E-state index in [4.69, 9.17) is 22.1 Å². The minimum Gasteiger partial charge on any atom is -0.379 e. The second-order valence-corrected chi connectivity index (χ2v) is 7.78. The van der Waals surface area contributed by atoms with Gasteiger partial charge in [0.25, 0.3) is 0 Å². The molecule has 1 aliphatic heterocycles. The van der Waals surface area contributed by atoms with Gasteiger partial charge >= 0.3 is 0 Å². The van der Waals surface area contributed by atoms with Crippen LogP contribution in [0.5, 0.6) is 0 Å². The third-order valence-electron chi connectivity index (χ3n) is 5.63. The van der Waals surface area contributed by atoms with Crippen LogP contribution in [0.3, 0.4) is 0 Å². The van der Waals surface area contributed by atoms with Crippen molar-refractivity contribution in [2.75, 3.05) is 26.3 Å². The summed E-state index contributed by atoms with van der Waals surface area (Å²) >= 11 is 5.90. The Morgan fingerprint density at radius 2 is 2.04 bits per heavy atom. The van der Waals surface area contributed by atoms with Gasteiger partial charge in [-0.3, -0.25) is 14.5 Å². The van der Waals surface area contributed by atoms with Crippen LogP contribution in [0.4, 0.5) is 0 Å². The first-order valence-electron chi connectivity index (χ1n) is 9.64. The molecule has 140 valence electrons. The molecule has 2 fully saturated rings. The number of morpholine rings is 1. The Morgan fingerprint density at radius 1 is 1.23 bits per heavy atom. The molecule has 6 nitrogen and oxygen atoms in total. The molecule has 1 aliphatic carbocycles. The van der Waals surface area contributed by atoms with E-state index in [0.717, 1.165) is 49.1 Å². The SMILES string of the molecule is C[C@H]1CCCC[C@H]1n1c(-c2cccnc2)nn(CN2CCOCC2)c1=S. The number of ether oxygens (including phenoxy) is 1. The Balaban J connectivity index is 1.73. The van der Waals surface area contributed by atoms with Crippen LogP contribution in [0, 0.1) is 10.7 Å². The van der Waals surface area contributed by atoms with Crippen molar-refractivity contribution in [3.05, 3.63) is 29.3 Å². The Kier molecular flexibility index (Phi) is 5.47. The maximum Gasteiger partial charge on any atom is 0.199 e. The lowest BCUT2D eigenvalue weighted by molar-refractivity contribution is 0.0209. The van der Waals surface area contributed by atoms with Gasteiger partial charge in [0.1, 0.15) is 0 Å². The van der Waals surface area contributed by atoms with E-state index >= 15 is 0 Å². The molecule has 2 aromatic heterocycles. The van der Waals surface area contributed by atoms with Crippen molar-refractivity contribution in [2.24, 2.45) is 5.92 Å². The van der Waals surface area contributed by atoms with E-state index in [2.05, 4.69) is 27.4 Å². The first-order chi connectivity index (χ1) is 12.7. The third kappa shape index (κ3) is 3.61. The zero-order chi connectivity index (χ0) is 17.9. The first-order valence-corrected chi connectivity index (χ1v) is 10.0. The molecule has 0 unspecified atom stereocenters. The summed E-state index contributed by atoms with van der Waals surface area (Å²) in [4.78, 5) is 6.65. The molecule has 0 radical (unpaired) electrons. The maximum atomic E-state index is 5.90. The van der Waals surface area contributed by atoms with E-state index in [1.807, 2.05) is 16.9 Å². The number of aromatic nitrogens is 4. The Bertz CT molecular complexity index is 781. The molecule has 2 aliphatic rings. The summed E-state index contributed by atoms with van der Waals surface area (Å²) in [5, 5.41) is 4.94. The largest absolute Gasteiger partial charge is 0.379 e. The van der Waals surface area contributed by atoms with Gasteiger partial charge in [-0.05, 0) is 43.1 Å². The Morgan fingerprint density at radius 3 is 2.77 bits per heavy atom. The van der Waals surface area contributed by atoms with Gasteiger partial charge in [-0.15, -0.1) is 0 Å². The quantitative estimate of drug-likeness (QED) is 0.768. The van der Waals surface area contributed by atoms with Crippen LogP contribution in [0.2, 0.25) is 0 Å². The van der Waals surface area contributed by atoms with Crippen molar-refractivity contribution in [2.45, 2.75) is 45.3 Å². The van der Waals surface area contributed by atoms with Gasteiger partial charge in [0.15, 0.2) is 10.6 Å². The summed E-state index contributed by atoms with van der Waals surface area (Å²) in [7, 11) is 0. The van der Waals surface area contributed by atoms with Crippen molar-refractivity contribution in [3.63, 3.8) is 0 Å². The fraction of sp³-hybridized carbons (Fsp3) is 0.632. The summed E-state index contributed by atoms with van der Waals surface area (Å²) in [5.74, 6) is 1.57. The van der Waals surface area contributed by atoms with Crippen molar-refractivity contribution >= 4 is 12.2 Å². The summed E-state index contributed by atoms with van der Waals surface area (Å²) < 4.78 is 10.6. The molecule has 0 N–H and O–H groups in total. The van der Waals surface area contributed by atoms with E-state index in [1.165, 1.54) is 25.7 Å². The minimum absolute atomic E-state index is 0.421. The van der Waals surface area contributed by atoms with Crippen LogP contribution in [0.25, 0.3) is 11.4 Å². The van der Waals surface area contributed by atoms with Crippen molar-refractivity contribution in [1.29, 1.82) is 0 Å². The first kappa shape index (κ1) is 17.8. The molecule has 7 heteroatoms. The maximum absolute atomic E-state index is 5.90. The fourth-order valence-electron chi connectivity index (χ4n) is 4.12. The molecule has 1 saturated heterocycles. The van der Waals surface area contributed by atoms with E-state index in [0.29, 0.717) is 12.0 Å². The molecule has 0 aromatic carbocycles. The van der Waals surface area contributed by atoms with E-state index in [9.17, 15) is 0 Å². The van der Waals surface area contributed by atoms with Gasteiger partial charge in [0, 0.05) is 37.1 Å². The van der Waals surface area contributed by atoms with Crippen LogP contribution in [0.1, 0.15) is 38.6 Å². The standard InChI is InChI=1S/C19H27N5OS/c1-15-5-2-3-7-17(15)24-18(16-6-4-8-20-13-16)21-23(19(24)26)14-22-9-11-25-12-10-22/h4,6,8,13,15,17H,2-3,5,7,9-12,14H2,1H3/t15-,17+/m0/s1. The molecule has 0 spiro atoms. The van der Waals surface area contributed by atoms with Crippen LogP contribution < -0.4 is 0 Å². The summed E-state index contributed by atoms with van der Waals surface area (Å²) in [5.41, 5.74) is 1.04. The highest BCUT2D eigenvalue weighted by atomic mass is 32.1. The molecule has 3 heterocycles. The van der Waals surface area contributed by atoms with Gasteiger partial charge < -0.3 is 4.74 Å². The smallest absolute Gasteiger partial charge is 0.199 e. The second kappa shape index (κ2) is 7.98. The third-order valence-corrected chi connectivity index (χ3v) is 6.03. The van der Waals surface area contributed by atoms with Gasteiger partial charge in [-0.1, -0.05) is 19.8 Å². The van der Waals surface area contributed by atoms with E-state index in [-0.39, 0.29) is 0 Å². The highest BCUT2D eigenvalue weighted by Gasteiger charge is 2.28. The molecule has 26 heavy (non-hydrogen) atoms. The number of hydrogen-bond donors (Lipinski definition) is 0. The molecule has 1 saturated carbocycles. The number of pyridine rings is 1. The zero-order valence-corrected chi connectivity index (χ0v) is 16.2. The molecule has 0 amide bonds. The zero-order valence-electron chi connectivity index (χ0n) is 15.4. The van der Waals surface area contributed by atoms with Gasteiger partial charge in [-0.25, -0.2) is 4.68 Å². The molecule has 0 bridgehead atoms. The van der Waals surface area contributed by atoms with Gasteiger partial charge in [-0.2, -0.15) is 5.10 Å². The predicted octanol–water partition coefficient (Wildman–Crippen LogP) is 3.52. The topological polar surface area (TPSA) is 48.1 Å². The monoisotopic (exact) mass is 373 g/mol. The lowest BCUT2D eigenvalue weighted by Crippen LogP contribution is -2.37. The Labute approximate surface area is 159 Å². The number of nitrogens with zero attached hydrogens (tertiary/aromatic N) is 5. The number of rotatable bonds is 4.